The lowest BCUT2D eigenvalue weighted by molar-refractivity contribution is -0.115. The average Bonchev–Trinajstić information content (AvgIpc) is 3.32. The van der Waals surface area contributed by atoms with E-state index in [1.807, 2.05) is 61.5 Å². The van der Waals surface area contributed by atoms with Gasteiger partial charge in [-0.2, -0.15) is 4.68 Å². The first kappa shape index (κ1) is 21.6. The zero-order valence-corrected chi connectivity index (χ0v) is 19.0. The van der Waals surface area contributed by atoms with E-state index in [2.05, 4.69) is 20.8 Å². The number of para-hydroxylation sites is 2. The molecule has 4 aromatic rings. The molecule has 0 bridgehead atoms. The van der Waals surface area contributed by atoms with Crippen LogP contribution in [0.15, 0.2) is 64.5 Å². The van der Waals surface area contributed by atoms with Gasteiger partial charge in [-0.15, -0.1) is 5.10 Å². The monoisotopic (exact) mass is 449 g/mol. The van der Waals surface area contributed by atoms with Crippen LogP contribution in [0.5, 0.6) is 0 Å². The van der Waals surface area contributed by atoms with Gasteiger partial charge in [0.05, 0.1) is 22.3 Å². The normalized spacial score (nSPS) is 12.0. The van der Waals surface area contributed by atoms with Crippen LogP contribution in [0, 0.1) is 13.8 Å². The average molecular weight is 450 g/mol. The number of carbonyl (C=O) groups is 1. The maximum Gasteiger partial charge on any atom is 0.295 e. The van der Waals surface area contributed by atoms with Crippen molar-refractivity contribution < 1.29 is 4.79 Å². The van der Waals surface area contributed by atoms with E-state index < -0.39 is 5.25 Å². The van der Waals surface area contributed by atoms with E-state index in [4.69, 9.17) is 0 Å². The molecule has 1 atom stereocenters. The molecule has 1 N–H and O–H groups in total. The number of rotatable bonds is 6. The summed E-state index contributed by atoms with van der Waals surface area (Å²) in [6, 6.07) is 17.0. The molecule has 0 saturated heterocycles. The molecular formula is C22H23N7O2S. The third-order valence-electron chi connectivity index (χ3n) is 5.24. The number of nitrogens with one attached hydrogen (secondary N) is 1. The fourth-order valence-electron chi connectivity index (χ4n) is 3.35. The molecule has 2 heterocycles. The Morgan fingerprint density at radius 1 is 1.06 bits per heavy atom. The van der Waals surface area contributed by atoms with Gasteiger partial charge in [-0.05, 0) is 55.0 Å². The molecular weight excluding hydrogens is 426 g/mol. The van der Waals surface area contributed by atoms with Crippen molar-refractivity contribution in [2.45, 2.75) is 31.2 Å². The zero-order valence-electron chi connectivity index (χ0n) is 18.2. The summed E-state index contributed by atoms with van der Waals surface area (Å²) in [6.45, 7) is 5.52. The minimum absolute atomic E-state index is 0.257. The number of carbonyl (C=O) groups excluding carboxylic acids is 1. The molecule has 1 amide bonds. The van der Waals surface area contributed by atoms with Crippen molar-refractivity contribution >= 4 is 23.4 Å². The quantitative estimate of drug-likeness (QED) is 0.455. The topological polar surface area (TPSA) is 99.6 Å². The lowest BCUT2D eigenvalue weighted by Gasteiger charge is -2.12. The molecule has 0 aliphatic carbocycles. The Kier molecular flexibility index (Phi) is 5.95. The Morgan fingerprint density at radius 3 is 2.47 bits per heavy atom. The van der Waals surface area contributed by atoms with Crippen LogP contribution in [0.3, 0.4) is 0 Å². The summed E-state index contributed by atoms with van der Waals surface area (Å²) in [6.07, 6.45) is 0. The molecule has 1 unspecified atom stereocenters. The van der Waals surface area contributed by atoms with Gasteiger partial charge in [0.1, 0.15) is 5.69 Å². The van der Waals surface area contributed by atoms with Gasteiger partial charge in [0.25, 0.3) is 5.56 Å². The van der Waals surface area contributed by atoms with Gasteiger partial charge in [-0.1, -0.05) is 48.2 Å². The Balaban J connectivity index is 1.56. The highest BCUT2D eigenvalue weighted by atomic mass is 32.2. The standard InChI is InChI=1S/C22H23N7O2S/c1-14-10-8-9-13-18(14)28-22(24-25-26-28)32-16(3)20(30)23-19-15(2)27(4)29(21(19)31)17-11-6-5-7-12-17/h5-13,16H,1-4H3,(H,23,30). The number of aryl methyl sites for hydroxylation is 1. The van der Waals surface area contributed by atoms with E-state index in [9.17, 15) is 9.59 Å². The molecule has 0 aliphatic heterocycles. The smallest absolute Gasteiger partial charge is 0.295 e. The van der Waals surface area contributed by atoms with E-state index in [1.54, 1.807) is 30.3 Å². The molecule has 10 heteroatoms. The second kappa shape index (κ2) is 8.83. The van der Waals surface area contributed by atoms with Crippen LogP contribution in [0.4, 0.5) is 5.69 Å². The van der Waals surface area contributed by atoms with Crippen molar-refractivity contribution in [2.24, 2.45) is 7.05 Å². The van der Waals surface area contributed by atoms with Gasteiger partial charge in [0.2, 0.25) is 11.1 Å². The van der Waals surface area contributed by atoms with Gasteiger partial charge in [0.15, 0.2) is 0 Å². The van der Waals surface area contributed by atoms with E-state index in [-0.39, 0.29) is 17.2 Å². The predicted molar refractivity (Wildman–Crippen MR) is 124 cm³/mol. The lowest BCUT2D eigenvalue weighted by Crippen LogP contribution is -2.27. The molecule has 9 nitrogen and oxygen atoms in total. The molecule has 0 spiro atoms. The first-order valence-electron chi connectivity index (χ1n) is 10.0. The van der Waals surface area contributed by atoms with Gasteiger partial charge in [-0.25, -0.2) is 4.68 Å². The number of thioether (sulfide) groups is 1. The highest BCUT2D eigenvalue weighted by Crippen LogP contribution is 2.25. The van der Waals surface area contributed by atoms with Crippen LogP contribution < -0.4 is 10.9 Å². The molecule has 32 heavy (non-hydrogen) atoms. The fourth-order valence-corrected chi connectivity index (χ4v) is 4.15. The van der Waals surface area contributed by atoms with Gasteiger partial charge >= 0.3 is 0 Å². The Hall–Kier alpha value is -3.66. The van der Waals surface area contributed by atoms with Crippen LogP contribution in [-0.4, -0.2) is 40.7 Å². The molecule has 2 aromatic carbocycles. The van der Waals surface area contributed by atoms with Crippen molar-refractivity contribution in [1.29, 1.82) is 0 Å². The molecule has 0 radical (unpaired) electrons. The predicted octanol–water partition coefficient (Wildman–Crippen LogP) is 2.89. The minimum atomic E-state index is -0.534. The second-order valence-electron chi connectivity index (χ2n) is 7.35. The minimum Gasteiger partial charge on any atom is -0.319 e. The van der Waals surface area contributed by atoms with E-state index in [0.717, 1.165) is 16.9 Å². The first-order valence-corrected chi connectivity index (χ1v) is 10.9. The summed E-state index contributed by atoms with van der Waals surface area (Å²) in [5, 5.41) is 14.7. The molecule has 2 aromatic heterocycles. The Labute approximate surface area is 189 Å². The number of amides is 1. The van der Waals surface area contributed by atoms with Gasteiger partial charge < -0.3 is 5.32 Å². The summed E-state index contributed by atoms with van der Waals surface area (Å²) in [4.78, 5) is 26.0. The molecule has 0 saturated carbocycles. The Morgan fingerprint density at radius 2 is 1.75 bits per heavy atom. The number of aromatic nitrogens is 6. The van der Waals surface area contributed by atoms with Crippen molar-refractivity contribution in [3.8, 4) is 11.4 Å². The third kappa shape index (κ3) is 3.96. The van der Waals surface area contributed by atoms with E-state index >= 15 is 0 Å². The molecule has 0 aliphatic rings. The van der Waals surface area contributed by atoms with Crippen molar-refractivity contribution in [1.82, 2.24) is 29.6 Å². The Bertz CT molecular complexity index is 1320. The SMILES string of the molecule is Cc1ccccc1-n1nnnc1SC(C)C(=O)Nc1c(C)n(C)n(-c2ccccc2)c1=O. The summed E-state index contributed by atoms with van der Waals surface area (Å²) < 4.78 is 4.87. The van der Waals surface area contributed by atoms with Crippen LogP contribution in [-0.2, 0) is 11.8 Å². The number of nitrogens with zero attached hydrogens (tertiary/aromatic N) is 6. The first-order chi connectivity index (χ1) is 15.4. The van der Waals surface area contributed by atoms with Crippen molar-refractivity contribution in [2.75, 3.05) is 5.32 Å². The van der Waals surface area contributed by atoms with Crippen molar-refractivity contribution in [3.63, 3.8) is 0 Å². The third-order valence-corrected chi connectivity index (χ3v) is 6.27. The molecule has 0 fully saturated rings. The number of anilines is 1. The van der Waals surface area contributed by atoms with Gasteiger partial charge in [-0.3, -0.25) is 14.3 Å². The molecule has 164 valence electrons. The fraction of sp³-hybridized carbons (Fsp3) is 0.227. The van der Waals surface area contributed by atoms with Gasteiger partial charge in [0, 0.05) is 7.05 Å². The van der Waals surface area contributed by atoms with Crippen LogP contribution >= 0.6 is 11.8 Å². The second-order valence-corrected chi connectivity index (χ2v) is 8.65. The summed E-state index contributed by atoms with van der Waals surface area (Å²) in [5.74, 6) is -0.305. The van der Waals surface area contributed by atoms with Crippen LogP contribution in [0.1, 0.15) is 18.2 Å². The maximum atomic E-state index is 13.0. The van der Waals surface area contributed by atoms with E-state index in [1.165, 1.54) is 16.4 Å². The highest BCUT2D eigenvalue weighted by molar-refractivity contribution is 8.00. The summed E-state index contributed by atoms with van der Waals surface area (Å²) in [7, 11) is 1.79. The highest BCUT2D eigenvalue weighted by Gasteiger charge is 2.23. The van der Waals surface area contributed by atoms with Crippen molar-refractivity contribution in [3.05, 3.63) is 76.2 Å². The summed E-state index contributed by atoms with van der Waals surface area (Å²) >= 11 is 1.23. The number of benzene rings is 2. The largest absolute Gasteiger partial charge is 0.319 e. The van der Waals surface area contributed by atoms with E-state index in [0.29, 0.717) is 10.9 Å². The molecule has 4 rings (SSSR count). The number of hydrogen-bond donors (Lipinski definition) is 1. The zero-order chi connectivity index (χ0) is 22.8. The van der Waals surface area contributed by atoms with Crippen LogP contribution in [0.25, 0.3) is 11.4 Å². The maximum absolute atomic E-state index is 13.0. The lowest BCUT2D eigenvalue weighted by atomic mass is 10.2. The number of tetrazole rings is 1. The summed E-state index contributed by atoms with van der Waals surface area (Å²) in [5.41, 5.74) is 3.22. The number of hydrogen-bond acceptors (Lipinski definition) is 6. The van der Waals surface area contributed by atoms with Crippen LogP contribution in [0.2, 0.25) is 0 Å².